The first-order valence-corrected chi connectivity index (χ1v) is 6.44. The highest BCUT2D eigenvalue weighted by Gasteiger charge is 2.09. The lowest BCUT2D eigenvalue weighted by Gasteiger charge is -2.09. The van der Waals surface area contributed by atoms with Crippen LogP contribution in [0.2, 0.25) is 0 Å². The van der Waals surface area contributed by atoms with Gasteiger partial charge in [0.1, 0.15) is 10.9 Å². The normalized spacial score (nSPS) is 10.3. The molecule has 0 unspecified atom stereocenters. The van der Waals surface area contributed by atoms with E-state index in [4.69, 9.17) is 11.1 Å². The molecule has 1 aromatic carbocycles. The molecule has 0 amide bonds. The molecule has 1 heterocycles. The molecule has 0 saturated carbocycles. The molecule has 0 atom stereocenters. The van der Waals surface area contributed by atoms with E-state index in [-0.39, 0.29) is 5.84 Å². The Labute approximate surface area is 111 Å². The number of aryl methyl sites for hydroxylation is 2. The topological polar surface area (TPSA) is 62.8 Å². The van der Waals surface area contributed by atoms with Gasteiger partial charge in [-0.3, -0.25) is 5.41 Å². The van der Waals surface area contributed by atoms with Gasteiger partial charge >= 0.3 is 0 Å². The van der Waals surface area contributed by atoms with Crippen molar-refractivity contribution >= 4 is 17.6 Å². The van der Waals surface area contributed by atoms with Gasteiger partial charge in [0.15, 0.2) is 0 Å². The van der Waals surface area contributed by atoms with Crippen LogP contribution in [0.4, 0.5) is 0 Å². The van der Waals surface area contributed by atoms with Crippen LogP contribution in [0.25, 0.3) is 0 Å². The zero-order chi connectivity index (χ0) is 13.1. The average molecular weight is 257 g/mol. The molecule has 2 aromatic rings. The van der Waals surface area contributed by atoms with E-state index >= 15 is 0 Å². The Morgan fingerprint density at radius 1 is 1.28 bits per heavy atom. The fraction of sp³-hybridized carbons (Fsp3) is 0.143. The Morgan fingerprint density at radius 3 is 2.72 bits per heavy atom. The van der Waals surface area contributed by atoms with Crippen LogP contribution in [0, 0.1) is 19.3 Å². The van der Waals surface area contributed by atoms with Crippen molar-refractivity contribution in [3.8, 4) is 0 Å². The monoisotopic (exact) mass is 257 g/mol. The van der Waals surface area contributed by atoms with Gasteiger partial charge in [-0.05, 0) is 37.6 Å². The molecule has 0 spiro atoms. The van der Waals surface area contributed by atoms with E-state index in [1.165, 1.54) is 11.1 Å². The first-order chi connectivity index (χ1) is 8.58. The van der Waals surface area contributed by atoms with Crippen LogP contribution in [-0.4, -0.2) is 10.8 Å². The number of nitrogens with zero attached hydrogens (tertiary/aromatic N) is 1. The number of rotatable bonds is 3. The fourth-order valence-corrected chi connectivity index (χ4v) is 2.66. The summed E-state index contributed by atoms with van der Waals surface area (Å²) >= 11 is 1.55. The van der Waals surface area contributed by atoms with Crippen molar-refractivity contribution in [2.75, 3.05) is 0 Å². The predicted octanol–water partition coefficient (Wildman–Crippen LogP) is 3.13. The van der Waals surface area contributed by atoms with Crippen molar-refractivity contribution in [1.82, 2.24) is 4.98 Å². The quantitative estimate of drug-likeness (QED) is 0.656. The summed E-state index contributed by atoms with van der Waals surface area (Å²) in [5.74, 6) is 0.0513. The first kappa shape index (κ1) is 12.6. The smallest absolute Gasteiger partial charge is 0.125 e. The molecule has 3 N–H and O–H groups in total. The Balaban J connectivity index is 2.37. The summed E-state index contributed by atoms with van der Waals surface area (Å²) in [5, 5.41) is 8.33. The van der Waals surface area contributed by atoms with Crippen molar-refractivity contribution < 1.29 is 0 Å². The van der Waals surface area contributed by atoms with Crippen LogP contribution in [0.15, 0.2) is 46.5 Å². The third-order valence-corrected chi connectivity index (χ3v) is 3.80. The highest BCUT2D eigenvalue weighted by Crippen LogP contribution is 2.31. The number of hydrogen-bond acceptors (Lipinski definition) is 3. The van der Waals surface area contributed by atoms with E-state index < -0.39 is 0 Å². The third kappa shape index (κ3) is 2.71. The second-order valence-electron chi connectivity index (χ2n) is 4.14. The van der Waals surface area contributed by atoms with E-state index in [9.17, 15) is 0 Å². The van der Waals surface area contributed by atoms with Crippen molar-refractivity contribution in [3.05, 3.63) is 53.2 Å². The highest BCUT2D eigenvalue weighted by molar-refractivity contribution is 7.99. The van der Waals surface area contributed by atoms with E-state index in [1.54, 1.807) is 24.0 Å². The first-order valence-electron chi connectivity index (χ1n) is 5.62. The van der Waals surface area contributed by atoms with E-state index in [2.05, 4.69) is 37.0 Å². The van der Waals surface area contributed by atoms with Gasteiger partial charge in [0, 0.05) is 16.7 Å². The summed E-state index contributed by atoms with van der Waals surface area (Å²) in [5.41, 5.74) is 8.69. The van der Waals surface area contributed by atoms with Gasteiger partial charge in [0.05, 0.1) is 0 Å². The summed E-state index contributed by atoms with van der Waals surface area (Å²) in [6.45, 7) is 4.15. The minimum absolute atomic E-state index is 0.0513. The van der Waals surface area contributed by atoms with Crippen LogP contribution in [0.1, 0.15) is 16.7 Å². The summed E-state index contributed by atoms with van der Waals surface area (Å²) in [4.78, 5) is 5.44. The molecule has 0 aliphatic heterocycles. The molecule has 4 heteroatoms. The molecule has 0 bridgehead atoms. The standard InChI is InChI=1S/C14H15N3S/c1-9-5-6-12(10(2)8-9)18-14-11(13(15)16)4-3-7-17-14/h3-8H,1-2H3,(H3,15,16). The molecule has 0 radical (unpaired) electrons. The Morgan fingerprint density at radius 2 is 2.06 bits per heavy atom. The minimum atomic E-state index is 0.0513. The van der Waals surface area contributed by atoms with Gasteiger partial charge in [-0.25, -0.2) is 4.98 Å². The van der Waals surface area contributed by atoms with E-state index in [0.29, 0.717) is 5.56 Å². The number of amidine groups is 1. The lowest BCUT2D eigenvalue weighted by atomic mass is 10.2. The molecule has 0 aliphatic rings. The fourth-order valence-electron chi connectivity index (χ4n) is 1.70. The average Bonchev–Trinajstić information content (AvgIpc) is 2.33. The lowest BCUT2D eigenvalue weighted by molar-refractivity contribution is 1.11. The van der Waals surface area contributed by atoms with Crippen LogP contribution < -0.4 is 5.73 Å². The maximum Gasteiger partial charge on any atom is 0.125 e. The number of benzene rings is 1. The van der Waals surface area contributed by atoms with E-state index in [0.717, 1.165) is 9.92 Å². The highest BCUT2D eigenvalue weighted by atomic mass is 32.2. The summed E-state index contributed by atoms with van der Waals surface area (Å²) in [6, 6.07) is 9.91. The van der Waals surface area contributed by atoms with E-state index in [1.807, 2.05) is 6.07 Å². The van der Waals surface area contributed by atoms with Crippen molar-refractivity contribution in [2.24, 2.45) is 5.73 Å². The maximum atomic E-state index is 7.55. The second-order valence-corrected chi connectivity index (χ2v) is 5.17. The molecule has 0 aliphatic carbocycles. The molecule has 0 saturated heterocycles. The molecule has 0 fully saturated rings. The van der Waals surface area contributed by atoms with Gasteiger partial charge in [-0.2, -0.15) is 0 Å². The van der Waals surface area contributed by atoms with Gasteiger partial charge in [-0.15, -0.1) is 0 Å². The molecule has 92 valence electrons. The number of nitrogens with one attached hydrogen (secondary N) is 1. The molecular formula is C14H15N3S. The van der Waals surface area contributed by atoms with Crippen LogP contribution in [0.3, 0.4) is 0 Å². The number of pyridine rings is 1. The molecule has 18 heavy (non-hydrogen) atoms. The maximum absolute atomic E-state index is 7.55. The minimum Gasteiger partial charge on any atom is -0.384 e. The Bertz CT molecular complexity index is 593. The number of nitrogen functional groups attached to an aromatic ring is 1. The van der Waals surface area contributed by atoms with Crippen molar-refractivity contribution in [1.29, 1.82) is 5.41 Å². The number of aromatic nitrogens is 1. The van der Waals surface area contributed by atoms with Gasteiger partial charge < -0.3 is 5.73 Å². The molecule has 1 aromatic heterocycles. The predicted molar refractivity (Wildman–Crippen MR) is 75.3 cm³/mol. The summed E-state index contributed by atoms with van der Waals surface area (Å²) in [7, 11) is 0. The van der Waals surface area contributed by atoms with Gasteiger partial charge in [0.25, 0.3) is 0 Å². The van der Waals surface area contributed by atoms with Crippen molar-refractivity contribution in [3.63, 3.8) is 0 Å². The SMILES string of the molecule is Cc1ccc(Sc2ncccc2C(=N)N)c(C)c1. The third-order valence-electron chi connectivity index (χ3n) is 2.60. The zero-order valence-electron chi connectivity index (χ0n) is 10.4. The number of hydrogen-bond donors (Lipinski definition) is 2. The molecule has 2 rings (SSSR count). The van der Waals surface area contributed by atoms with Crippen LogP contribution >= 0.6 is 11.8 Å². The van der Waals surface area contributed by atoms with Crippen LogP contribution in [-0.2, 0) is 0 Å². The van der Waals surface area contributed by atoms with Crippen molar-refractivity contribution in [2.45, 2.75) is 23.8 Å². The molecule has 3 nitrogen and oxygen atoms in total. The molecular weight excluding hydrogens is 242 g/mol. The number of nitrogens with two attached hydrogens (primary N) is 1. The zero-order valence-corrected chi connectivity index (χ0v) is 11.2. The second kappa shape index (κ2) is 5.23. The van der Waals surface area contributed by atoms with Crippen LogP contribution in [0.5, 0.6) is 0 Å². The largest absolute Gasteiger partial charge is 0.384 e. The summed E-state index contributed by atoms with van der Waals surface area (Å²) < 4.78 is 0. The lowest BCUT2D eigenvalue weighted by Crippen LogP contribution is -2.12. The Kier molecular flexibility index (Phi) is 3.67. The van der Waals surface area contributed by atoms with Gasteiger partial charge in [0.2, 0.25) is 0 Å². The summed E-state index contributed by atoms with van der Waals surface area (Å²) in [6.07, 6.45) is 1.72. The van der Waals surface area contributed by atoms with Gasteiger partial charge in [-0.1, -0.05) is 29.5 Å². The Hall–Kier alpha value is -1.81.